The molecule has 7 heteroatoms. The number of carbonyl (C=O) groups is 2. The van der Waals surface area contributed by atoms with Crippen LogP contribution in [-0.4, -0.2) is 38.9 Å². The molecular formula is C18H18N2O5. The van der Waals surface area contributed by atoms with Crippen molar-refractivity contribution in [3.8, 4) is 11.5 Å². The van der Waals surface area contributed by atoms with E-state index in [-0.39, 0.29) is 18.6 Å². The fraction of sp³-hybridized carbons (Fsp3) is 0.222. The number of benzene rings is 2. The zero-order valence-corrected chi connectivity index (χ0v) is 13.7. The summed E-state index contributed by atoms with van der Waals surface area (Å²) in [5.41, 5.74) is 1.34. The standard InChI is InChI=1S/C18H18N2O5/c1-23-15-4-2-3-5-16(15)25-12-17(21)19-13-6-8-14(9-7-13)20-10-11-24-18(20)22/h2-9H,10-12H2,1H3,(H,19,21). The number of nitrogens with one attached hydrogen (secondary N) is 1. The molecule has 2 aromatic carbocycles. The third-order valence-electron chi connectivity index (χ3n) is 3.65. The lowest BCUT2D eigenvalue weighted by Crippen LogP contribution is -2.23. The summed E-state index contributed by atoms with van der Waals surface area (Å²) >= 11 is 0. The van der Waals surface area contributed by atoms with E-state index >= 15 is 0 Å². The number of carbonyl (C=O) groups excluding carboxylic acids is 2. The first-order valence-electron chi connectivity index (χ1n) is 7.77. The Morgan fingerprint density at radius 1 is 1.16 bits per heavy atom. The molecule has 0 radical (unpaired) electrons. The van der Waals surface area contributed by atoms with Crippen molar-refractivity contribution in [2.24, 2.45) is 0 Å². The number of anilines is 2. The van der Waals surface area contributed by atoms with Gasteiger partial charge in [0, 0.05) is 11.4 Å². The second-order valence-electron chi connectivity index (χ2n) is 5.30. The number of methoxy groups -OCH3 is 1. The minimum Gasteiger partial charge on any atom is -0.493 e. The zero-order valence-electron chi connectivity index (χ0n) is 13.7. The summed E-state index contributed by atoms with van der Waals surface area (Å²) < 4.78 is 15.5. The van der Waals surface area contributed by atoms with E-state index < -0.39 is 0 Å². The highest BCUT2D eigenvalue weighted by Crippen LogP contribution is 2.25. The fourth-order valence-corrected chi connectivity index (χ4v) is 2.43. The first-order chi connectivity index (χ1) is 12.2. The molecule has 0 aromatic heterocycles. The van der Waals surface area contributed by atoms with E-state index in [2.05, 4.69) is 5.32 Å². The molecule has 3 rings (SSSR count). The van der Waals surface area contributed by atoms with Crippen LogP contribution in [0.4, 0.5) is 16.2 Å². The molecule has 1 fully saturated rings. The number of nitrogens with zero attached hydrogens (tertiary/aromatic N) is 1. The smallest absolute Gasteiger partial charge is 0.414 e. The molecule has 0 bridgehead atoms. The van der Waals surface area contributed by atoms with E-state index in [4.69, 9.17) is 14.2 Å². The van der Waals surface area contributed by atoms with E-state index in [1.165, 1.54) is 4.90 Å². The predicted octanol–water partition coefficient (Wildman–Crippen LogP) is 2.67. The quantitative estimate of drug-likeness (QED) is 0.873. The van der Waals surface area contributed by atoms with Crippen LogP contribution in [0, 0.1) is 0 Å². The van der Waals surface area contributed by atoms with Crippen molar-refractivity contribution in [3.05, 3.63) is 48.5 Å². The summed E-state index contributed by atoms with van der Waals surface area (Å²) in [4.78, 5) is 25.1. The van der Waals surface area contributed by atoms with Crippen molar-refractivity contribution in [2.45, 2.75) is 0 Å². The summed E-state index contributed by atoms with van der Waals surface area (Å²) in [6, 6.07) is 14.1. The van der Waals surface area contributed by atoms with Gasteiger partial charge in [0.2, 0.25) is 0 Å². The maximum atomic E-state index is 12.0. The number of amides is 2. The molecule has 1 aliphatic heterocycles. The average Bonchev–Trinajstić information content (AvgIpc) is 3.07. The first kappa shape index (κ1) is 16.6. The van der Waals surface area contributed by atoms with Crippen molar-refractivity contribution in [3.63, 3.8) is 0 Å². The number of rotatable bonds is 6. The molecule has 25 heavy (non-hydrogen) atoms. The largest absolute Gasteiger partial charge is 0.493 e. The normalized spacial score (nSPS) is 13.3. The van der Waals surface area contributed by atoms with Crippen LogP contribution in [0.2, 0.25) is 0 Å². The van der Waals surface area contributed by atoms with E-state index in [0.29, 0.717) is 30.3 Å². The van der Waals surface area contributed by atoms with Crippen molar-refractivity contribution in [1.82, 2.24) is 0 Å². The molecule has 0 spiro atoms. The molecule has 0 aliphatic carbocycles. The number of hydrogen-bond acceptors (Lipinski definition) is 5. The Balaban J connectivity index is 1.55. The van der Waals surface area contributed by atoms with Gasteiger partial charge in [-0.3, -0.25) is 9.69 Å². The van der Waals surface area contributed by atoms with Gasteiger partial charge in [0.25, 0.3) is 5.91 Å². The Morgan fingerprint density at radius 2 is 1.88 bits per heavy atom. The molecule has 1 aliphatic rings. The lowest BCUT2D eigenvalue weighted by atomic mass is 10.2. The minimum atomic E-state index is -0.359. The van der Waals surface area contributed by atoms with Gasteiger partial charge in [0.1, 0.15) is 6.61 Å². The van der Waals surface area contributed by atoms with Gasteiger partial charge in [0.05, 0.1) is 13.7 Å². The van der Waals surface area contributed by atoms with E-state index in [0.717, 1.165) is 5.69 Å². The molecule has 0 saturated carbocycles. The van der Waals surface area contributed by atoms with E-state index in [1.807, 2.05) is 6.07 Å². The molecule has 0 unspecified atom stereocenters. The maximum Gasteiger partial charge on any atom is 0.414 e. The number of ether oxygens (including phenoxy) is 3. The Bertz CT molecular complexity index is 760. The Morgan fingerprint density at radius 3 is 2.52 bits per heavy atom. The third-order valence-corrected chi connectivity index (χ3v) is 3.65. The van der Waals surface area contributed by atoms with Crippen LogP contribution in [0.1, 0.15) is 0 Å². The Hall–Kier alpha value is -3.22. The highest BCUT2D eigenvalue weighted by Gasteiger charge is 2.23. The molecule has 0 atom stereocenters. The van der Waals surface area contributed by atoms with Crippen LogP contribution < -0.4 is 19.7 Å². The van der Waals surface area contributed by atoms with Crippen LogP contribution in [0.15, 0.2) is 48.5 Å². The lowest BCUT2D eigenvalue weighted by molar-refractivity contribution is -0.118. The van der Waals surface area contributed by atoms with Crippen molar-refractivity contribution in [2.75, 3.05) is 37.1 Å². The van der Waals surface area contributed by atoms with Gasteiger partial charge in [-0.1, -0.05) is 12.1 Å². The van der Waals surface area contributed by atoms with Gasteiger partial charge >= 0.3 is 6.09 Å². The SMILES string of the molecule is COc1ccccc1OCC(=O)Nc1ccc(N2CCOC2=O)cc1. The van der Waals surface area contributed by atoms with Crippen LogP contribution in [0.25, 0.3) is 0 Å². The van der Waals surface area contributed by atoms with Crippen molar-refractivity contribution in [1.29, 1.82) is 0 Å². The molecule has 2 amide bonds. The third kappa shape index (κ3) is 4.00. The van der Waals surface area contributed by atoms with E-state index in [1.54, 1.807) is 49.6 Å². The number of cyclic esters (lactones) is 1. The van der Waals surface area contributed by atoms with Crippen molar-refractivity contribution < 1.29 is 23.8 Å². The average molecular weight is 342 g/mol. The first-order valence-corrected chi connectivity index (χ1v) is 7.77. The molecule has 130 valence electrons. The zero-order chi connectivity index (χ0) is 17.6. The topological polar surface area (TPSA) is 77.1 Å². The summed E-state index contributed by atoms with van der Waals surface area (Å²) in [6.45, 7) is 0.773. The van der Waals surface area contributed by atoms with Gasteiger partial charge in [-0.2, -0.15) is 0 Å². The highest BCUT2D eigenvalue weighted by molar-refractivity contribution is 5.93. The van der Waals surface area contributed by atoms with Gasteiger partial charge < -0.3 is 19.5 Å². The van der Waals surface area contributed by atoms with E-state index in [9.17, 15) is 9.59 Å². The second-order valence-corrected chi connectivity index (χ2v) is 5.30. The van der Waals surface area contributed by atoms with Crippen LogP contribution in [0.5, 0.6) is 11.5 Å². The summed E-state index contributed by atoms with van der Waals surface area (Å²) in [5.74, 6) is 0.777. The summed E-state index contributed by atoms with van der Waals surface area (Å²) in [6.07, 6.45) is -0.359. The molecule has 2 aromatic rings. The second kappa shape index (κ2) is 7.57. The van der Waals surface area contributed by atoms with Crippen molar-refractivity contribution >= 4 is 23.4 Å². The number of para-hydroxylation sites is 2. The Labute approximate surface area is 145 Å². The molecule has 1 saturated heterocycles. The fourth-order valence-electron chi connectivity index (χ4n) is 2.43. The monoisotopic (exact) mass is 342 g/mol. The maximum absolute atomic E-state index is 12.0. The number of hydrogen-bond donors (Lipinski definition) is 1. The van der Waals surface area contributed by atoms with Crippen LogP contribution in [-0.2, 0) is 9.53 Å². The van der Waals surface area contributed by atoms with Gasteiger partial charge in [-0.05, 0) is 36.4 Å². The molecular weight excluding hydrogens is 324 g/mol. The van der Waals surface area contributed by atoms with Gasteiger partial charge in [-0.25, -0.2) is 4.79 Å². The highest BCUT2D eigenvalue weighted by atomic mass is 16.6. The molecule has 1 heterocycles. The van der Waals surface area contributed by atoms with Gasteiger partial charge in [-0.15, -0.1) is 0 Å². The summed E-state index contributed by atoms with van der Waals surface area (Å²) in [7, 11) is 1.54. The molecule has 7 nitrogen and oxygen atoms in total. The summed E-state index contributed by atoms with van der Waals surface area (Å²) in [5, 5.41) is 2.74. The minimum absolute atomic E-state index is 0.138. The lowest BCUT2D eigenvalue weighted by Gasteiger charge is -2.13. The predicted molar refractivity (Wildman–Crippen MR) is 92.3 cm³/mol. The van der Waals surface area contributed by atoms with Gasteiger partial charge in [0.15, 0.2) is 18.1 Å². The van der Waals surface area contributed by atoms with Crippen LogP contribution in [0.3, 0.4) is 0 Å². The molecule has 1 N–H and O–H groups in total. The van der Waals surface area contributed by atoms with Crippen LogP contribution >= 0.6 is 0 Å². The Kier molecular flexibility index (Phi) is 5.03.